The van der Waals surface area contributed by atoms with Crippen LogP contribution in [0.25, 0.3) is 28.3 Å². The number of benzene rings is 2. The smallest absolute Gasteiger partial charge is 0.298 e. The van der Waals surface area contributed by atoms with Crippen LogP contribution in [0, 0.1) is 6.92 Å². The van der Waals surface area contributed by atoms with Gasteiger partial charge in [-0.25, -0.2) is 9.20 Å². The lowest BCUT2D eigenvalue weighted by Gasteiger charge is -2.06. The summed E-state index contributed by atoms with van der Waals surface area (Å²) in [6, 6.07) is 15.7. The van der Waals surface area contributed by atoms with Crippen LogP contribution in [0.15, 0.2) is 62.6 Å². The number of hydrogen-bond donors (Lipinski definition) is 1. The Labute approximate surface area is 178 Å². The molecule has 2 aromatic carbocycles. The summed E-state index contributed by atoms with van der Waals surface area (Å²) in [7, 11) is 1.63. The fraction of sp³-hybridized carbons (Fsp3) is 0.143. The first-order valence-electron chi connectivity index (χ1n) is 9.32. The van der Waals surface area contributed by atoms with E-state index in [2.05, 4.69) is 37.2 Å². The molecular weight excluding hydrogens is 448 g/mol. The van der Waals surface area contributed by atoms with Gasteiger partial charge in [0.15, 0.2) is 17.0 Å². The maximum absolute atomic E-state index is 12.8. The van der Waals surface area contributed by atoms with E-state index in [0.29, 0.717) is 29.3 Å². The standard InChI is InChI=1S/C21H17BrN6O2/c1-12-4-3-5-13(10-12)11-27-16-18(29)23-21(30)26(2)19(16)28-17(24-25-20(27)28)14-6-8-15(22)9-7-14/h3-10H,11H2,1-2H3,(H,23,29,30). The topological polar surface area (TPSA) is 90.0 Å². The van der Waals surface area contributed by atoms with Crippen molar-refractivity contribution in [3.63, 3.8) is 0 Å². The maximum atomic E-state index is 12.8. The number of imidazole rings is 1. The summed E-state index contributed by atoms with van der Waals surface area (Å²) in [4.78, 5) is 27.6. The van der Waals surface area contributed by atoms with E-state index >= 15 is 0 Å². The Morgan fingerprint density at radius 3 is 2.57 bits per heavy atom. The molecule has 1 N–H and O–H groups in total. The molecule has 30 heavy (non-hydrogen) atoms. The first kappa shape index (κ1) is 18.6. The second-order valence-electron chi connectivity index (χ2n) is 7.23. The van der Waals surface area contributed by atoms with E-state index in [1.165, 1.54) is 4.57 Å². The predicted octanol–water partition coefficient (Wildman–Crippen LogP) is 2.86. The fourth-order valence-electron chi connectivity index (χ4n) is 3.77. The molecule has 0 atom stereocenters. The van der Waals surface area contributed by atoms with Crippen LogP contribution in [-0.2, 0) is 13.6 Å². The average molecular weight is 465 g/mol. The molecule has 150 valence electrons. The number of hydrogen-bond acceptors (Lipinski definition) is 4. The van der Waals surface area contributed by atoms with E-state index in [0.717, 1.165) is 21.2 Å². The Morgan fingerprint density at radius 1 is 1.07 bits per heavy atom. The van der Waals surface area contributed by atoms with Crippen molar-refractivity contribution >= 4 is 32.9 Å². The lowest BCUT2D eigenvalue weighted by molar-refractivity contribution is 0.809. The van der Waals surface area contributed by atoms with Gasteiger partial charge in [-0.1, -0.05) is 57.9 Å². The van der Waals surface area contributed by atoms with Gasteiger partial charge in [0.05, 0.1) is 6.54 Å². The minimum absolute atomic E-state index is 0.377. The molecule has 0 saturated heterocycles. The Kier molecular flexibility index (Phi) is 4.21. The first-order chi connectivity index (χ1) is 14.4. The van der Waals surface area contributed by atoms with Gasteiger partial charge in [0, 0.05) is 17.1 Å². The van der Waals surface area contributed by atoms with Crippen LogP contribution in [0.1, 0.15) is 11.1 Å². The van der Waals surface area contributed by atoms with E-state index in [1.807, 2.05) is 49.4 Å². The highest BCUT2D eigenvalue weighted by molar-refractivity contribution is 9.10. The summed E-state index contributed by atoms with van der Waals surface area (Å²) in [5, 5.41) is 8.76. The summed E-state index contributed by atoms with van der Waals surface area (Å²) in [6.45, 7) is 2.44. The SMILES string of the molecule is Cc1cccc(Cn2c3c(=O)[nH]c(=O)n(C)c3n3c(-c4ccc(Br)cc4)nnc23)c1. The molecule has 8 nitrogen and oxygen atoms in total. The van der Waals surface area contributed by atoms with Gasteiger partial charge in [0.1, 0.15) is 0 Å². The highest BCUT2D eigenvalue weighted by Crippen LogP contribution is 2.26. The molecule has 0 amide bonds. The zero-order valence-corrected chi connectivity index (χ0v) is 17.8. The van der Waals surface area contributed by atoms with E-state index in [4.69, 9.17) is 0 Å². The lowest BCUT2D eigenvalue weighted by atomic mass is 10.1. The maximum Gasteiger partial charge on any atom is 0.329 e. The number of nitrogens with zero attached hydrogens (tertiary/aromatic N) is 5. The molecule has 9 heteroatoms. The van der Waals surface area contributed by atoms with Gasteiger partial charge in [-0.15, -0.1) is 10.2 Å². The molecule has 0 spiro atoms. The molecule has 0 aliphatic heterocycles. The number of H-pyrrole nitrogens is 1. The number of halogens is 1. The van der Waals surface area contributed by atoms with Crippen LogP contribution in [0.4, 0.5) is 0 Å². The molecule has 3 aromatic heterocycles. The van der Waals surface area contributed by atoms with Crippen LogP contribution < -0.4 is 11.2 Å². The third kappa shape index (κ3) is 2.81. The molecule has 0 aliphatic rings. The Bertz CT molecular complexity index is 1540. The summed E-state index contributed by atoms with van der Waals surface area (Å²) >= 11 is 3.44. The third-order valence-corrected chi connectivity index (χ3v) is 5.69. The number of fused-ring (bicyclic) bond motifs is 3. The minimum atomic E-state index is -0.488. The van der Waals surface area contributed by atoms with Crippen molar-refractivity contribution in [2.75, 3.05) is 0 Å². The molecule has 0 radical (unpaired) electrons. The van der Waals surface area contributed by atoms with Gasteiger partial charge in [-0.05, 0) is 24.6 Å². The van der Waals surface area contributed by atoms with E-state index in [-0.39, 0.29) is 0 Å². The monoisotopic (exact) mass is 464 g/mol. The van der Waals surface area contributed by atoms with Gasteiger partial charge in [0.2, 0.25) is 5.78 Å². The normalized spacial score (nSPS) is 11.6. The highest BCUT2D eigenvalue weighted by Gasteiger charge is 2.23. The van der Waals surface area contributed by atoms with Crippen LogP contribution in [-0.4, -0.2) is 28.7 Å². The van der Waals surface area contributed by atoms with Crippen molar-refractivity contribution < 1.29 is 0 Å². The predicted molar refractivity (Wildman–Crippen MR) is 118 cm³/mol. The van der Waals surface area contributed by atoms with Crippen molar-refractivity contribution in [3.05, 3.63) is 85.0 Å². The molecule has 3 heterocycles. The number of rotatable bonds is 3. The van der Waals surface area contributed by atoms with E-state index < -0.39 is 11.2 Å². The quantitative estimate of drug-likeness (QED) is 0.444. The number of aromatic amines is 1. The summed E-state index contributed by atoms with van der Waals surface area (Å²) in [5.41, 5.74) is 2.86. The molecule has 0 bridgehead atoms. The zero-order valence-electron chi connectivity index (χ0n) is 16.3. The van der Waals surface area contributed by atoms with Gasteiger partial charge in [-0.2, -0.15) is 0 Å². The molecule has 0 saturated carbocycles. The lowest BCUT2D eigenvalue weighted by Crippen LogP contribution is -2.29. The van der Waals surface area contributed by atoms with Gasteiger partial charge in [-0.3, -0.25) is 18.9 Å². The van der Waals surface area contributed by atoms with Crippen LogP contribution >= 0.6 is 15.9 Å². The van der Waals surface area contributed by atoms with Gasteiger partial charge < -0.3 is 0 Å². The van der Waals surface area contributed by atoms with Crippen LogP contribution in [0.2, 0.25) is 0 Å². The summed E-state index contributed by atoms with van der Waals surface area (Å²) < 4.78 is 5.93. The molecule has 0 fully saturated rings. The van der Waals surface area contributed by atoms with Gasteiger partial charge >= 0.3 is 5.69 Å². The summed E-state index contributed by atoms with van der Waals surface area (Å²) in [6.07, 6.45) is 0. The molecule has 0 unspecified atom stereocenters. The number of nitrogens with one attached hydrogen (secondary N) is 1. The third-order valence-electron chi connectivity index (χ3n) is 5.16. The van der Waals surface area contributed by atoms with E-state index in [1.54, 1.807) is 16.0 Å². The fourth-order valence-corrected chi connectivity index (χ4v) is 4.03. The molecule has 0 aliphatic carbocycles. The Morgan fingerprint density at radius 2 is 1.83 bits per heavy atom. The van der Waals surface area contributed by atoms with Crippen molar-refractivity contribution in [2.24, 2.45) is 7.05 Å². The zero-order chi connectivity index (χ0) is 21.0. The second-order valence-corrected chi connectivity index (χ2v) is 8.15. The van der Waals surface area contributed by atoms with Crippen molar-refractivity contribution in [1.29, 1.82) is 0 Å². The Hall–Kier alpha value is -3.46. The molecular formula is C21H17BrN6O2. The van der Waals surface area contributed by atoms with Crippen LogP contribution in [0.3, 0.4) is 0 Å². The minimum Gasteiger partial charge on any atom is -0.298 e. The van der Waals surface area contributed by atoms with Gasteiger partial charge in [0.25, 0.3) is 5.56 Å². The summed E-state index contributed by atoms with van der Waals surface area (Å²) in [5.74, 6) is 1.06. The van der Waals surface area contributed by atoms with Crippen molar-refractivity contribution in [1.82, 2.24) is 28.7 Å². The second kappa shape index (κ2) is 6.81. The first-order valence-corrected chi connectivity index (χ1v) is 10.1. The number of aromatic nitrogens is 6. The van der Waals surface area contributed by atoms with Crippen molar-refractivity contribution in [2.45, 2.75) is 13.5 Å². The average Bonchev–Trinajstić information content (AvgIpc) is 3.26. The van der Waals surface area contributed by atoms with E-state index in [9.17, 15) is 9.59 Å². The number of aryl methyl sites for hydroxylation is 2. The molecule has 5 rings (SSSR count). The van der Waals surface area contributed by atoms with Crippen molar-refractivity contribution in [3.8, 4) is 11.4 Å². The molecule has 5 aromatic rings. The highest BCUT2D eigenvalue weighted by atomic mass is 79.9. The Balaban J connectivity index is 1.88. The van der Waals surface area contributed by atoms with Crippen LogP contribution in [0.5, 0.6) is 0 Å². The largest absolute Gasteiger partial charge is 0.329 e.